The molecule has 0 aliphatic rings. The Balaban J connectivity index is 2.07. The van der Waals surface area contributed by atoms with E-state index in [-0.39, 0.29) is 11.3 Å². The van der Waals surface area contributed by atoms with Crippen molar-refractivity contribution >= 4 is 28.7 Å². The number of aromatic carboxylic acids is 1. The highest BCUT2D eigenvalue weighted by atomic mass is 16.4. The van der Waals surface area contributed by atoms with Gasteiger partial charge < -0.3 is 5.11 Å². The number of carbonyl (C=O) groups is 1. The van der Waals surface area contributed by atoms with Crippen molar-refractivity contribution in [1.29, 1.82) is 5.26 Å². The van der Waals surface area contributed by atoms with E-state index in [0.717, 1.165) is 16.6 Å². The quantitative estimate of drug-likeness (QED) is 0.589. The van der Waals surface area contributed by atoms with Crippen LogP contribution in [0.1, 0.15) is 21.5 Å². The molecule has 0 saturated carbocycles. The maximum atomic E-state index is 12.0. The van der Waals surface area contributed by atoms with E-state index in [1.54, 1.807) is 41.4 Å². The Hall–Kier alpha value is -3.59. The van der Waals surface area contributed by atoms with Gasteiger partial charge in [-0.2, -0.15) is 5.26 Å². The number of fused-ring (bicyclic) bond motifs is 1. The Bertz CT molecular complexity index is 1110. The first-order valence-corrected chi connectivity index (χ1v) is 7.53. The van der Waals surface area contributed by atoms with Crippen molar-refractivity contribution in [3.05, 3.63) is 69.6 Å². The van der Waals surface area contributed by atoms with Gasteiger partial charge >= 0.3 is 11.7 Å². The smallest absolute Gasteiger partial charge is 0.335 e. The maximum Gasteiger partial charge on any atom is 0.335 e. The van der Waals surface area contributed by atoms with E-state index < -0.39 is 5.97 Å². The summed E-state index contributed by atoms with van der Waals surface area (Å²) in [6.45, 7) is 0. The topological polar surface area (TPSA) is 88.0 Å². The fraction of sp³-hybridized carbons (Fsp3) is 0.105. The predicted molar refractivity (Wildman–Crippen MR) is 95.0 cm³/mol. The highest BCUT2D eigenvalue weighted by molar-refractivity contribution is 5.93. The van der Waals surface area contributed by atoms with Gasteiger partial charge in [0.2, 0.25) is 0 Å². The average molecular weight is 333 g/mol. The van der Waals surface area contributed by atoms with Crippen molar-refractivity contribution in [3.8, 4) is 6.07 Å². The number of nitriles is 1. The van der Waals surface area contributed by atoms with Crippen LogP contribution in [0.4, 0.5) is 0 Å². The number of allylic oxidation sites excluding steroid dienone is 1. The molecule has 3 rings (SSSR count). The van der Waals surface area contributed by atoms with Gasteiger partial charge in [-0.1, -0.05) is 18.2 Å². The highest BCUT2D eigenvalue weighted by Crippen LogP contribution is 2.21. The molecule has 0 amide bonds. The zero-order valence-electron chi connectivity index (χ0n) is 13.7. The Morgan fingerprint density at radius 3 is 2.24 bits per heavy atom. The molecule has 25 heavy (non-hydrogen) atoms. The summed E-state index contributed by atoms with van der Waals surface area (Å²) >= 11 is 0. The molecule has 6 nitrogen and oxygen atoms in total. The van der Waals surface area contributed by atoms with Crippen LogP contribution in [-0.4, -0.2) is 20.2 Å². The molecule has 3 aromatic rings. The highest BCUT2D eigenvalue weighted by Gasteiger charge is 2.09. The number of carboxylic acid groups (broad SMARTS) is 1. The van der Waals surface area contributed by atoms with Gasteiger partial charge in [-0.25, -0.2) is 9.59 Å². The van der Waals surface area contributed by atoms with E-state index >= 15 is 0 Å². The number of carboxylic acids is 1. The first-order chi connectivity index (χ1) is 11.9. The fourth-order valence-electron chi connectivity index (χ4n) is 2.75. The zero-order valence-corrected chi connectivity index (χ0v) is 13.7. The molecular weight excluding hydrogens is 318 g/mol. The van der Waals surface area contributed by atoms with Crippen LogP contribution in [0.25, 0.3) is 22.7 Å². The third kappa shape index (κ3) is 2.83. The molecule has 0 fully saturated rings. The zero-order chi connectivity index (χ0) is 18.1. The van der Waals surface area contributed by atoms with E-state index in [0.29, 0.717) is 11.1 Å². The first-order valence-electron chi connectivity index (χ1n) is 7.53. The van der Waals surface area contributed by atoms with Gasteiger partial charge in [0, 0.05) is 14.1 Å². The van der Waals surface area contributed by atoms with Crippen LogP contribution in [-0.2, 0) is 14.1 Å². The SMILES string of the molecule is Cn1c(=O)n(C)c2cc(C=C(C#N)c3ccc(C(=O)O)cc3)ccc21. The van der Waals surface area contributed by atoms with E-state index in [1.807, 2.05) is 18.2 Å². The monoisotopic (exact) mass is 333 g/mol. The third-order valence-electron chi connectivity index (χ3n) is 4.17. The summed E-state index contributed by atoms with van der Waals surface area (Å²) < 4.78 is 3.12. The summed E-state index contributed by atoms with van der Waals surface area (Å²) in [6.07, 6.45) is 1.71. The van der Waals surface area contributed by atoms with Crippen LogP contribution in [0.3, 0.4) is 0 Å². The molecule has 124 valence electrons. The Kier molecular flexibility index (Phi) is 3.99. The molecule has 0 atom stereocenters. The lowest BCUT2D eigenvalue weighted by Gasteiger charge is -2.02. The van der Waals surface area contributed by atoms with E-state index in [4.69, 9.17) is 5.11 Å². The van der Waals surface area contributed by atoms with E-state index in [9.17, 15) is 14.9 Å². The standard InChI is InChI=1S/C19H15N3O3/c1-21-16-8-3-12(10-17(16)22(2)19(21)25)9-15(11-20)13-4-6-14(7-5-13)18(23)24/h3-10H,1-2H3,(H,23,24). The number of hydrogen-bond donors (Lipinski definition) is 1. The molecule has 2 aromatic carbocycles. The van der Waals surface area contributed by atoms with E-state index in [2.05, 4.69) is 6.07 Å². The minimum Gasteiger partial charge on any atom is -0.478 e. The van der Waals surface area contributed by atoms with Gasteiger partial charge in [0.1, 0.15) is 0 Å². The summed E-state index contributed by atoms with van der Waals surface area (Å²) in [5, 5.41) is 18.4. The summed E-state index contributed by atoms with van der Waals surface area (Å²) in [6, 6.07) is 13.8. The number of aryl methyl sites for hydroxylation is 2. The average Bonchev–Trinajstić information content (AvgIpc) is 2.84. The van der Waals surface area contributed by atoms with Crippen LogP contribution in [0.5, 0.6) is 0 Å². The molecule has 0 saturated heterocycles. The first kappa shape index (κ1) is 16.3. The second-order valence-corrected chi connectivity index (χ2v) is 5.70. The minimum absolute atomic E-state index is 0.110. The minimum atomic E-state index is -1.01. The largest absolute Gasteiger partial charge is 0.478 e. The number of imidazole rings is 1. The van der Waals surface area contributed by atoms with Crippen molar-refractivity contribution in [2.24, 2.45) is 14.1 Å². The summed E-state index contributed by atoms with van der Waals surface area (Å²) in [5.41, 5.74) is 3.48. The van der Waals surface area contributed by atoms with Crippen LogP contribution in [0, 0.1) is 11.3 Å². The third-order valence-corrected chi connectivity index (χ3v) is 4.17. The molecule has 0 spiro atoms. The molecule has 0 bridgehead atoms. The normalized spacial score (nSPS) is 11.5. The molecule has 1 N–H and O–H groups in total. The second kappa shape index (κ2) is 6.13. The van der Waals surface area contributed by atoms with Crippen LogP contribution in [0.2, 0.25) is 0 Å². The fourth-order valence-corrected chi connectivity index (χ4v) is 2.75. The lowest BCUT2D eigenvalue weighted by atomic mass is 10.0. The van der Waals surface area contributed by atoms with Gasteiger partial charge in [-0.05, 0) is 41.5 Å². The molecule has 1 aromatic heterocycles. The molecule has 0 unspecified atom stereocenters. The Morgan fingerprint density at radius 1 is 1.04 bits per heavy atom. The van der Waals surface area contributed by atoms with Crippen LogP contribution >= 0.6 is 0 Å². The summed E-state index contributed by atoms with van der Waals surface area (Å²) in [4.78, 5) is 22.9. The van der Waals surface area contributed by atoms with Gasteiger partial charge in [-0.15, -0.1) is 0 Å². The Morgan fingerprint density at radius 2 is 1.64 bits per heavy atom. The van der Waals surface area contributed by atoms with Crippen molar-refractivity contribution in [1.82, 2.24) is 9.13 Å². The van der Waals surface area contributed by atoms with Gasteiger partial charge in [-0.3, -0.25) is 9.13 Å². The van der Waals surface area contributed by atoms with Gasteiger partial charge in [0.15, 0.2) is 0 Å². The summed E-state index contributed by atoms with van der Waals surface area (Å²) in [7, 11) is 3.42. The van der Waals surface area contributed by atoms with Crippen molar-refractivity contribution < 1.29 is 9.90 Å². The maximum absolute atomic E-state index is 12.0. The molecular formula is C19H15N3O3. The van der Waals surface area contributed by atoms with E-state index in [1.165, 1.54) is 12.1 Å². The second-order valence-electron chi connectivity index (χ2n) is 5.70. The Labute approximate surface area is 143 Å². The number of hydrogen-bond acceptors (Lipinski definition) is 3. The van der Waals surface area contributed by atoms with Crippen LogP contribution in [0.15, 0.2) is 47.3 Å². The molecule has 0 aliphatic heterocycles. The molecule has 6 heteroatoms. The number of benzene rings is 2. The van der Waals surface area contributed by atoms with Crippen molar-refractivity contribution in [2.45, 2.75) is 0 Å². The molecule has 0 aliphatic carbocycles. The van der Waals surface area contributed by atoms with Crippen molar-refractivity contribution in [2.75, 3.05) is 0 Å². The molecule has 1 heterocycles. The number of rotatable bonds is 3. The summed E-state index contributed by atoms with van der Waals surface area (Å²) in [5.74, 6) is -1.01. The van der Waals surface area contributed by atoms with Crippen LogP contribution < -0.4 is 5.69 Å². The predicted octanol–water partition coefficient (Wildman–Crippen LogP) is 2.64. The number of aromatic nitrogens is 2. The molecule has 0 radical (unpaired) electrons. The lowest BCUT2D eigenvalue weighted by Crippen LogP contribution is -2.19. The van der Waals surface area contributed by atoms with Gasteiger partial charge in [0.05, 0.1) is 28.2 Å². The van der Waals surface area contributed by atoms with Crippen molar-refractivity contribution in [3.63, 3.8) is 0 Å². The lowest BCUT2D eigenvalue weighted by molar-refractivity contribution is 0.0697. The number of nitrogens with zero attached hydrogens (tertiary/aromatic N) is 3. The van der Waals surface area contributed by atoms with Gasteiger partial charge in [0.25, 0.3) is 0 Å².